The molecular formula is C28H33N3O5. The maximum Gasteiger partial charge on any atom is 0.261 e. The van der Waals surface area contributed by atoms with Gasteiger partial charge in [-0.25, -0.2) is 0 Å². The third-order valence-corrected chi connectivity index (χ3v) is 6.25. The molecule has 4 rings (SSSR count). The van der Waals surface area contributed by atoms with Gasteiger partial charge in [0, 0.05) is 18.5 Å². The number of carbonyl (C=O) groups is 2. The number of fused-ring (bicyclic) bond motifs is 2. The molecule has 0 saturated carbocycles. The SMILES string of the molecule is CCCCOc1c(CN)n(CC(C)C)c(=O)c2ccc(OCCN3C(=O)c4ccccc4C3=O)cc12. The fourth-order valence-corrected chi connectivity index (χ4v) is 4.47. The summed E-state index contributed by atoms with van der Waals surface area (Å²) in [4.78, 5) is 39.7. The molecule has 0 saturated heterocycles. The second-order valence-electron chi connectivity index (χ2n) is 9.35. The van der Waals surface area contributed by atoms with Crippen molar-refractivity contribution in [3.8, 4) is 11.5 Å². The monoisotopic (exact) mass is 491 g/mol. The van der Waals surface area contributed by atoms with Gasteiger partial charge in [0.25, 0.3) is 17.4 Å². The van der Waals surface area contributed by atoms with Crippen molar-refractivity contribution in [1.29, 1.82) is 0 Å². The van der Waals surface area contributed by atoms with Crippen LogP contribution in [0.4, 0.5) is 0 Å². The summed E-state index contributed by atoms with van der Waals surface area (Å²) >= 11 is 0. The van der Waals surface area contributed by atoms with E-state index < -0.39 is 0 Å². The minimum absolute atomic E-state index is 0.112. The van der Waals surface area contributed by atoms with E-state index in [2.05, 4.69) is 20.8 Å². The van der Waals surface area contributed by atoms with E-state index >= 15 is 0 Å². The number of imide groups is 1. The third-order valence-electron chi connectivity index (χ3n) is 6.25. The molecule has 0 aliphatic carbocycles. The largest absolute Gasteiger partial charge is 0.492 e. The molecule has 0 spiro atoms. The molecule has 0 fully saturated rings. The Morgan fingerprint density at radius 3 is 2.22 bits per heavy atom. The number of hydrogen-bond acceptors (Lipinski definition) is 6. The van der Waals surface area contributed by atoms with Crippen LogP contribution in [-0.4, -0.2) is 41.0 Å². The zero-order chi connectivity index (χ0) is 25.8. The Morgan fingerprint density at radius 1 is 0.917 bits per heavy atom. The summed E-state index contributed by atoms with van der Waals surface area (Å²) in [5.74, 6) is 0.749. The zero-order valence-corrected chi connectivity index (χ0v) is 21.1. The molecular weight excluding hydrogens is 458 g/mol. The van der Waals surface area contributed by atoms with Gasteiger partial charge in [-0.1, -0.05) is 39.3 Å². The van der Waals surface area contributed by atoms with Crippen LogP contribution in [0.15, 0.2) is 47.3 Å². The molecule has 2 N–H and O–H groups in total. The van der Waals surface area contributed by atoms with Crippen LogP contribution in [0.1, 0.15) is 60.0 Å². The van der Waals surface area contributed by atoms with E-state index in [4.69, 9.17) is 15.2 Å². The highest BCUT2D eigenvalue weighted by Crippen LogP contribution is 2.32. The second-order valence-corrected chi connectivity index (χ2v) is 9.35. The molecule has 0 bridgehead atoms. The van der Waals surface area contributed by atoms with Crippen molar-refractivity contribution in [3.63, 3.8) is 0 Å². The summed E-state index contributed by atoms with van der Waals surface area (Å²) in [6.45, 7) is 7.67. The first-order valence-electron chi connectivity index (χ1n) is 12.5. The van der Waals surface area contributed by atoms with Gasteiger partial charge in [-0.15, -0.1) is 0 Å². The van der Waals surface area contributed by atoms with Gasteiger partial charge in [0.15, 0.2) is 0 Å². The Balaban J connectivity index is 1.60. The van der Waals surface area contributed by atoms with Gasteiger partial charge in [0.05, 0.1) is 35.4 Å². The van der Waals surface area contributed by atoms with E-state index in [1.807, 2.05) is 0 Å². The number of unbranched alkanes of at least 4 members (excludes halogenated alkanes) is 1. The van der Waals surface area contributed by atoms with Gasteiger partial charge in [-0.05, 0) is 42.7 Å². The Hall–Kier alpha value is -3.65. The predicted octanol–water partition coefficient (Wildman–Crippen LogP) is 3.97. The molecule has 2 heterocycles. The van der Waals surface area contributed by atoms with E-state index in [9.17, 15) is 14.4 Å². The first-order valence-corrected chi connectivity index (χ1v) is 12.5. The highest BCUT2D eigenvalue weighted by Gasteiger charge is 2.34. The smallest absolute Gasteiger partial charge is 0.261 e. The normalized spacial score (nSPS) is 13.1. The Kier molecular flexibility index (Phi) is 7.74. The highest BCUT2D eigenvalue weighted by atomic mass is 16.5. The van der Waals surface area contributed by atoms with E-state index in [1.165, 1.54) is 4.90 Å². The number of hydrogen-bond donors (Lipinski definition) is 1. The van der Waals surface area contributed by atoms with Gasteiger partial charge in [-0.2, -0.15) is 0 Å². The zero-order valence-electron chi connectivity index (χ0n) is 21.1. The molecule has 1 aromatic heterocycles. The van der Waals surface area contributed by atoms with Crippen LogP contribution < -0.4 is 20.8 Å². The number of nitrogens with two attached hydrogens (primary N) is 1. The highest BCUT2D eigenvalue weighted by molar-refractivity contribution is 6.21. The fraction of sp³-hybridized carbons (Fsp3) is 0.393. The average molecular weight is 492 g/mol. The van der Waals surface area contributed by atoms with Crippen molar-refractivity contribution in [3.05, 3.63) is 69.6 Å². The van der Waals surface area contributed by atoms with Crippen LogP contribution in [0.5, 0.6) is 11.5 Å². The molecule has 36 heavy (non-hydrogen) atoms. The number of nitrogens with zero attached hydrogens (tertiary/aromatic N) is 2. The van der Waals surface area contributed by atoms with Crippen molar-refractivity contribution in [1.82, 2.24) is 9.47 Å². The van der Waals surface area contributed by atoms with Crippen molar-refractivity contribution in [2.45, 2.75) is 46.7 Å². The van der Waals surface area contributed by atoms with Crippen LogP contribution in [0, 0.1) is 5.92 Å². The van der Waals surface area contributed by atoms with E-state index in [0.717, 1.165) is 12.8 Å². The fourth-order valence-electron chi connectivity index (χ4n) is 4.47. The molecule has 8 heteroatoms. The van der Waals surface area contributed by atoms with Crippen LogP contribution >= 0.6 is 0 Å². The average Bonchev–Trinajstić information content (AvgIpc) is 3.11. The molecule has 1 aliphatic rings. The molecule has 0 radical (unpaired) electrons. The number of carbonyl (C=O) groups excluding carboxylic acids is 2. The minimum Gasteiger partial charge on any atom is -0.492 e. The Labute approximate surface area is 210 Å². The summed E-state index contributed by atoms with van der Waals surface area (Å²) in [6, 6.07) is 12.0. The molecule has 3 aromatic rings. The van der Waals surface area contributed by atoms with Gasteiger partial charge in [0.1, 0.15) is 18.1 Å². The first kappa shape index (κ1) is 25.4. The van der Waals surface area contributed by atoms with E-state index in [-0.39, 0.29) is 43.0 Å². The number of rotatable bonds is 11. The molecule has 0 unspecified atom stereocenters. The number of benzene rings is 2. The lowest BCUT2D eigenvalue weighted by Crippen LogP contribution is -2.33. The van der Waals surface area contributed by atoms with E-state index in [1.54, 1.807) is 47.0 Å². The van der Waals surface area contributed by atoms with Crippen molar-refractivity contribution in [2.75, 3.05) is 19.8 Å². The van der Waals surface area contributed by atoms with Gasteiger partial charge < -0.3 is 19.8 Å². The number of amides is 2. The number of aromatic nitrogens is 1. The third kappa shape index (κ3) is 4.86. The van der Waals surface area contributed by atoms with Crippen molar-refractivity contribution in [2.24, 2.45) is 11.7 Å². The summed E-state index contributed by atoms with van der Waals surface area (Å²) in [6.07, 6.45) is 1.86. The number of pyridine rings is 1. The van der Waals surface area contributed by atoms with E-state index in [0.29, 0.717) is 52.2 Å². The van der Waals surface area contributed by atoms with Gasteiger partial charge in [-0.3, -0.25) is 19.3 Å². The standard InChI is InChI=1S/C28H33N3O5/c1-4-5-13-36-25-23-15-19(10-11-22(23)28(34)31(17-18(2)3)24(25)16-29)35-14-12-30-26(32)20-8-6-7-9-21(20)27(30)33/h6-11,15,18H,4-5,12-14,16-17,29H2,1-3H3. The van der Waals surface area contributed by atoms with Crippen LogP contribution in [0.3, 0.4) is 0 Å². The summed E-state index contributed by atoms with van der Waals surface area (Å²) in [7, 11) is 0. The van der Waals surface area contributed by atoms with Crippen LogP contribution in [-0.2, 0) is 13.1 Å². The minimum atomic E-state index is -0.317. The second kappa shape index (κ2) is 11.0. The van der Waals surface area contributed by atoms with Gasteiger partial charge >= 0.3 is 0 Å². The quantitative estimate of drug-likeness (QED) is 0.322. The Bertz CT molecular complexity index is 1310. The maximum absolute atomic E-state index is 13.3. The predicted molar refractivity (Wildman–Crippen MR) is 139 cm³/mol. The lowest BCUT2D eigenvalue weighted by molar-refractivity contribution is 0.0631. The topological polar surface area (TPSA) is 104 Å². The Morgan fingerprint density at radius 2 is 1.61 bits per heavy atom. The molecule has 2 aromatic carbocycles. The van der Waals surface area contributed by atoms with Crippen molar-refractivity contribution < 1.29 is 19.1 Å². The number of ether oxygens (including phenoxy) is 2. The lowest BCUT2D eigenvalue weighted by Gasteiger charge is -2.21. The molecule has 8 nitrogen and oxygen atoms in total. The molecule has 190 valence electrons. The summed E-state index contributed by atoms with van der Waals surface area (Å²) < 4.78 is 13.8. The first-order chi connectivity index (χ1) is 17.4. The molecule has 2 amide bonds. The van der Waals surface area contributed by atoms with Gasteiger partial charge in [0.2, 0.25) is 0 Å². The van der Waals surface area contributed by atoms with Crippen LogP contribution in [0.2, 0.25) is 0 Å². The summed E-state index contributed by atoms with van der Waals surface area (Å²) in [5, 5.41) is 1.18. The lowest BCUT2D eigenvalue weighted by atomic mass is 10.1. The molecule has 1 aliphatic heterocycles. The molecule has 0 atom stereocenters. The summed E-state index contributed by atoms with van der Waals surface area (Å²) in [5.41, 5.74) is 7.48. The maximum atomic E-state index is 13.3. The van der Waals surface area contributed by atoms with Crippen molar-refractivity contribution >= 4 is 22.6 Å². The van der Waals surface area contributed by atoms with Crippen LogP contribution in [0.25, 0.3) is 10.8 Å².